The van der Waals surface area contributed by atoms with E-state index in [-0.39, 0.29) is 21.8 Å². The van der Waals surface area contributed by atoms with Crippen molar-refractivity contribution in [3.05, 3.63) is 90.0 Å². The van der Waals surface area contributed by atoms with Crippen LogP contribution in [0.2, 0.25) is 0 Å². The number of hydrogen-bond acceptors (Lipinski definition) is 7. The van der Waals surface area contributed by atoms with Gasteiger partial charge in [0, 0.05) is 22.5 Å². The maximum absolute atomic E-state index is 12.7. The highest BCUT2D eigenvalue weighted by molar-refractivity contribution is 7.92. The number of carbonyl (C=O) groups excluding carboxylic acids is 3. The van der Waals surface area contributed by atoms with Crippen LogP contribution in [0.1, 0.15) is 21.8 Å². The molecule has 0 aliphatic carbocycles. The second kappa shape index (κ2) is 10.6. The van der Waals surface area contributed by atoms with E-state index in [0.29, 0.717) is 5.56 Å². The Hall–Kier alpha value is -4.18. The smallest absolute Gasteiger partial charge is 0.324 e. The van der Waals surface area contributed by atoms with E-state index in [2.05, 4.69) is 10.0 Å². The molecule has 0 heterocycles. The lowest BCUT2D eigenvalue weighted by Crippen LogP contribution is -2.26. The Morgan fingerprint density at radius 1 is 0.794 bits per heavy atom. The summed E-state index contributed by atoms with van der Waals surface area (Å²) in [5.41, 5.74) is 0.512. The lowest BCUT2D eigenvalue weighted by atomic mass is 9.96. The van der Waals surface area contributed by atoms with Gasteiger partial charge in [-0.25, -0.2) is 8.42 Å². The molecular formula is C24H22N2O7S. The first-order valence-corrected chi connectivity index (χ1v) is 11.5. The third kappa shape index (κ3) is 5.59. The minimum atomic E-state index is -3.96. The molecule has 1 amide bonds. The Morgan fingerprint density at radius 3 is 1.91 bits per heavy atom. The lowest BCUT2D eigenvalue weighted by Gasteiger charge is -2.19. The molecule has 9 nitrogen and oxygen atoms in total. The fourth-order valence-corrected chi connectivity index (χ4v) is 4.23. The summed E-state index contributed by atoms with van der Waals surface area (Å²) in [7, 11) is -1.76. The first kappa shape index (κ1) is 24.5. The van der Waals surface area contributed by atoms with Crippen LogP contribution < -0.4 is 10.0 Å². The van der Waals surface area contributed by atoms with Gasteiger partial charge in [0.05, 0.1) is 19.1 Å². The SMILES string of the molecule is COC(=O)C(C(=O)OC)c1cc(NS(=O)(=O)c2ccccc2)ccc1NC(=O)c1ccccc1. The summed E-state index contributed by atoms with van der Waals surface area (Å²) in [4.78, 5) is 37.7. The molecule has 0 spiro atoms. The van der Waals surface area contributed by atoms with Crippen LogP contribution in [0, 0.1) is 0 Å². The van der Waals surface area contributed by atoms with Gasteiger partial charge in [-0.05, 0) is 42.5 Å². The topological polar surface area (TPSA) is 128 Å². The monoisotopic (exact) mass is 482 g/mol. The number of methoxy groups -OCH3 is 2. The van der Waals surface area contributed by atoms with Gasteiger partial charge in [-0.2, -0.15) is 0 Å². The van der Waals surface area contributed by atoms with Gasteiger partial charge in [0.2, 0.25) is 0 Å². The predicted molar refractivity (Wildman–Crippen MR) is 125 cm³/mol. The summed E-state index contributed by atoms with van der Waals surface area (Å²) in [6.07, 6.45) is 0. The quantitative estimate of drug-likeness (QED) is 0.373. The fourth-order valence-electron chi connectivity index (χ4n) is 3.16. The van der Waals surface area contributed by atoms with Crippen LogP contribution in [0.25, 0.3) is 0 Å². The van der Waals surface area contributed by atoms with Crippen molar-refractivity contribution in [3.8, 4) is 0 Å². The number of ether oxygens (including phenoxy) is 2. The van der Waals surface area contributed by atoms with Crippen molar-refractivity contribution in [1.29, 1.82) is 0 Å². The van der Waals surface area contributed by atoms with E-state index in [4.69, 9.17) is 9.47 Å². The molecule has 2 N–H and O–H groups in total. The summed E-state index contributed by atoms with van der Waals surface area (Å²) in [5.74, 6) is -3.94. The summed E-state index contributed by atoms with van der Waals surface area (Å²) in [6, 6.07) is 20.0. The van der Waals surface area contributed by atoms with Crippen LogP contribution in [0.15, 0.2) is 83.8 Å². The Morgan fingerprint density at radius 2 is 1.35 bits per heavy atom. The molecule has 0 unspecified atom stereocenters. The Balaban J connectivity index is 2.06. The highest BCUT2D eigenvalue weighted by Gasteiger charge is 2.33. The number of anilines is 2. The fraction of sp³-hybridized carbons (Fsp3) is 0.125. The molecule has 0 aliphatic heterocycles. The lowest BCUT2D eigenvalue weighted by molar-refractivity contribution is -0.154. The summed E-state index contributed by atoms with van der Waals surface area (Å²) in [5, 5.41) is 2.66. The van der Waals surface area contributed by atoms with E-state index in [0.717, 1.165) is 14.2 Å². The second-order valence-corrected chi connectivity index (χ2v) is 8.70. The molecule has 0 saturated carbocycles. The highest BCUT2D eigenvalue weighted by Crippen LogP contribution is 2.31. The number of carbonyl (C=O) groups is 3. The van der Waals surface area contributed by atoms with E-state index < -0.39 is 33.8 Å². The van der Waals surface area contributed by atoms with Gasteiger partial charge in [0.25, 0.3) is 15.9 Å². The predicted octanol–water partition coefficient (Wildman–Crippen LogP) is 3.17. The molecule has 0 aliphatic rings. The molecule has 10 heteroatoms. The molecule has 0 radical (unpaired) electrons. The zero-order valence-corrected chi connectivity index (χ0v) is 19.2. The molecule has 176 valence electrons. The van der Waals surface area contributed by atoms with E-state index in [9.17, 15) is 22.8 Å². The molecular weight excluding hydrogens is 460 g/mol. The maximum atomic E-state index is 12.7. The normalized spacial score (nSPS) is 10.9. The second-order valence-electron chi connectivity index (χ2n) is 7.02. The van der Waals surface area contributed by atoms with Crippen LogP contribution in [0.3, 0.4) is 0 Å². The number of rotatable bonds is 8. The minimum Gasteiger partial charge on any atom is -0.468 e. The minimum absolute atomic E-state index is 0.00348. The van der Waals surface area contributed by atoms with Gasteiger partial charge in [-0.15, -0.1) is 0 Å². The van der Waals surface area contributed by atoms with Crippen molar-refractivity contribution in [2.45, 2.75) is 10.8 Å². The molecule has 0 saturated heterocycles. The number of amides is 1. The number of hydrogen-bond donors (Lipinski definition) is 2. The first-order valence-electron chi connectivity index (χ1n) is 10.0. The van der Waals surface area contributed by atoms with Gasteiger partial charge >= 0.3 is 11.9 Å². The number of benzene rings is 3. The highest BCUT2D eigenvalue weighted by atomic mass is 32.2. The van der Waals surface area contributed by atoms with E-state index >= 15 is 0 Å². The Labute approximate surface area is 196 Å². The number of esters is 2. The van der Waals surface area contributed by atoms with Gasteiger partial charge in [-0.1, -0.05) is 36.4 Å². The van der Waals surface area contributed by atoms with Crippen LogP contribution in [0.5, 0.6) is 0 Å². The summed E-state index contributed by atoms with van der Waals surface area (Å²) >= 11 is 0. The van der Waals surface area contributed by atoms with Gasteiger partial charge in [0.1, 0.15) is 0 Å². The number of sulfonamides is 1. The van der Waals surface area contributed by atoms with E-state index in [1.807, 2.05) is 0 Å². The average Bonchev–Trinajstić information content (AvgIpc) is 2.86. The van der Waals surface area contributed by atoms with Crippen molar-refractivity contribution < 1.29 is 32.3 Å². The van der Waals surface area contributed by atoms with Crippen LogP contribution >= 0.6 is 0 Å². The van der Waals surface area contributed by atoms with Gasteiger partial charge in [0.15, 0.2) is 5.92 Å². The maximum Gasteiger partial charge on any atom is 0.324 e. The molecule has 0 atom stereocenters. The zero-order chi connectivity index (χ0) is 24.7. The molecule has 0 aromatic heterocycles. The molecule has 3 aromatic rings. The van der Waals surface area contributed by atoms with Crippen molar-refractivity contribution in [3.63, 3.8) is 0 Å². The average molecular weight is 483 g/mol. The summed E-state index contributed by atoms with van der Waals surface area (Å²) < 4.78 is 37.4. The van der Waals surface area contributed by atoms with Gasteiger partial charge in [-0.3, -0.25) is 19.1 Å². The molecule has 0 bridgehead atoms. The third-order valence-electron chi connectivity index (χ3n) is 4.83. The molecule has 3 aromatic carbocycles. The molecule has 3 rings (SSSR count). The van der Waals surface area contributed by atoms with Crippen molar-refractivity contribution in [2.75, 3.05) is 24.3 Å². The van der Waals surface area contributed by atoms with Gasteiger partial charge < -0.3 is 14.8 Å². The standard InChI is InChI=1S/C24H22N2O7S/c1-32-23(28)21(24(29)33-2)19-15-17(26-34(30,31)18-11-7-4-8-12-18)13-14-20(19)25-22(27)16-9-5-3-6-10-16/h3-15,21,26H,1-2H3,(H,25,27). The van der Waals surface area contributed by atoms with Crippen molar-refractivity contribution in [2.24, 2.45) is 0 Å². The van der Waals surface area contributed by atoms with E-state index in [1.54, 1.807) is 48.5 Å². The van der Waals surface area contributed by atoms with Crippen LogP contribution in [0.4, 0.5) is 11.4 Å². The van der Waals surface area contributed by atoms with Crippen molar-refractivity contribution in [1.82, 2.24) is 0 Å². The number of nitrogens with one attached hydrogen (secondary N) is 2. The largest absolute Gasteiger partial charge is 0.468 e. The van der Waals surface area contributed by atoms with Crippen molar-refractivity contribution >= 4 is 39.2 Å². The first-order chi connectivity index (χ1) is 16.3. The Bertz CT molecular complexity index is 1280. The summed E-state index contributed by atoms with van der Waals surface area (Å²) in [6.45, 7) is 0. The third-order valence-corrected chi connectivity index (χ3v) is 6.22. The molecule has 0 fully saturated rings. The Kier molecular flexibility index (Phi) is 7.64. The molecule has 34 heavy (non-hydrogen) atoms. The van der Waals surface area contributed by atoms with E-state index in [1.165, 1.54) is 30.3 Å². The van der Waals surface area contributed by atoms with Crippen LogP contribution in [-0.2, 0) is 29.1 Å². The van der Waals surface area contributed by atoms with Crippen LogP contribution in [-0.4, -0.2) is 40.5 Å². The zero-order valence-electron chi connectivity index (χ0n) is 18.3.